The lowest BCUT2D eigenvalue weighted by atomic mass is 10.1. The average Bonchev–Trinajstić information content (AvgIpc) is 2.63. The Hall–Kier alpha value is -2.29. The third-order valence-corrected chi connectivity index (χ3v) is 5.25. The molecule has 0 unspecified atom stereocenters. The van der Waals surface area contributed by atoms with Gasteiger partial charge < -0.3 is 10.0 Å². The molecule has 1 N–H and O–H groups in total. The third-order valence-electron chi connectivity index (χ3n) is 4.10. The minimum Gasteiger partial charge on any atom is -0.393 e. The zero-order valence-corrected chi connectivity index (χ0v) is 14.0. The van der Waals surface area contributed by atoms with Crippen LogP contribution in [0.5, 0.6) is 0 Å². The molecule has 2 aromatic rings. The largest absolute Gasteiger partial charge is 0.393 e. The van der Waals surface area contributed by atoms with Gasteiger partial charge in [0.1, 0.15) is 6.07 Å². The van der Waals surface area contributed by atoms with Crippen LogP contribution in [0.25, 0.3) is 0 Å². The summed E-state index contributed by atoms with van der Waals surface area (Å²) in [7, 11) is 0. The Bertz CT molecular complexity index is 777. The Morgan fingerprint density at radius 2 is 1.71 bits per heavy atom. The van der Waals surface area contributed by atoms with Gasteiger partial charge in [-0.05, 0) is 37.1 Å². The van der Waals surface area contributed by atoms with Crippen molar-refractivity contribution >= 4 is 17.7 Å². The number of hydrogen-bond donors (Lipinski definition) is 1. The van der Waals surface area contributed by atoms with Gasteiger partial charge in [-0.15, -0.1) is 0 Å². The van der Waals surface area contributed by atoms with Gasteiger partial charge in [-0.1, -0.05) is 36.0 Å². The highest BCUT2D eigenvalue weighted by molar-refractivity contribution is 7.99. The predicted octanol–water partition coefficient (Wildman–Crippen LogP) is 3.31. The first kappa shape index (κ1) is 16.6. The van der Waals surface area contributed by atoms with Gasteiger partial charge >= 0.3 is 0 Å². The van der Waals surface area contributed by atoms with Gasteiger partial charge in [0.25, 0.3) is 5.91 Å². The molecule has 24 heavy (non-hydrogen) atoms. The standard InChI is InChI=1S/C19H18N2O2S/c20-13-14-5-1-3-7-17(14)24-18-8-4-2-6-16(18)19(23)21-11-9-15(22)10-12-21/h1-8,15,22H,9-12H2. The van der Waals surface area contributed by atoms with E-state index in [0.29, 0.717) is 37.1 Å². The topological polar surface area (TPSA) is 64.3 Å². The van der Waals surface area contributed by atoms with Crippen molar-refractivity contribution < 1.29 is 9.90 Å². The summed E-state index contributed by atoms with van der Waals surface area (Å²) in [6.45, 7) is 1.15. The minimum absolute atomic E-state index is 0.0144. The third kappa shape index (κ3) is 3.61. The maximum absolute atomic E-state index is 12.8. The lowest BCUT2D eigenvalue weighted by Gasteiger charge is -2.30. The van der Waals surface area contributed by atoms with Crippen molar-refractivity contribution in [1.82, 2.24) is 4.90 Å². The second-order valence-electron chi connectivity index (χ2n) is 5.73. The van der Waals surface area contributed by atoms with Crippen molar-refractivity contribution in [2.24, 2.45) is 0 Å². The molecule has 0 aromatic heterocycles. The number of rotatable bonds is 3. The molecular weight excluding hydrogens is 320 g/mol. The fourth-order valence-electron chi connectivity index (χ4n) is 2.74. The van der Waals surface area contributed by atoms with Gasteiger partial charge in [0.2, 0.25) is 0 Å². The summed E-state index contributed by atoms with van der Waals surface area (Å²) in [5, 5.41) is 18.9. The van der Waals surface area contributed by atoms with Crippen LogP contribution < -0.4 is 0 Å². The Morgan fingerprint density at radius 1 is 1.08 bits per heavy atom. The summed E-state index contributed by atoms with van der Waals surface area (Å²) in [4.78, 5) is 16.3. The number of aliphatic hydroxyl groups is 1. The first-order chi connectivity index (χ1) is 11.7. The van der Waals surface area contributed by atoms with E-state index in [1.807, 2.05) is 42.5 Å². The second kappa shape index (κ2) is 7.52. The smallest absolute Gasteiger partial charge is 0.255 e. The SMILES string of the molecule is N#Cc1ccccc1Sc1ccccc1C(=O)N1CCC(O)CC1. The molecule has 2 aromatic carbocycles. The first-order valence-corrected chi connectivity index (χ1v) is 8.74. The predicted molar refractivity (Wildman–Crippen MR) is 92.9 cm³/mol. The zero-order valence-electron chi connectivity index (χ0n) is 13.2. The Kier molecular flexibility index (Phi) is 5.19. The van der Waals surface area contributed by atoms with Gasteiger partial charge in [-0.2, -0.15) is 5.26 Å². The van der Waals surface area contributed by atoms with E-state index >= 15 is 0 Å². The second-order valence-corrected chi connectivity index (χ2v) is 6.81. The van der Waals surface area contributed by atoms with Crippen molar-refractivity contribution in [3.05, 3.63) is 59.7 Å². The molecule has 1 saturated heterocycles. The fourth-order valence-corrected chi connectivity index (χ4v) is 3.76. The summed E-state index contributed by atoms with van der Waals surface area (Å²) in [6.07, 6.45) is 0.942. The quantitative estimate of drug-likeness (QED) is 0.932. The maximum atomic E-state index is 12.8. The molecule has 0 saturated carbocycles. The highest BCUT2D eigenvalue weighted by atomic mass is 32.2. The number of hydrogen-bond acceptors (Lipinski definition) is 4. The number of amides is 1. The molecule has 1 aliphatic rings. The number of carbonyl (C=O) groups excluding carboxylic acids is 1. The monoisotopic (exact) mass is 338 g/mol. The molecule has 1 heterocycles. The molecule has 0 radical (unpaired) electrons. The van der Waals surface area contributed by atoms with Crippen LogP contribution in [0, 0.1) is 11.3 Å². The Morgan fingerprint density at radius 3 is 2.42 bits per heavy atom. The molecule has 1 fully saturated rings. The van der Waals surface area contributed by atoms with Crippen LogP contribution in [0.15, 0.2) is 58.3 Å². The summed E-state index contributed by atoms with van der Waals surface area (Å²) in [6, 6.07) is 17.1. The van der Waals surface area contributed by atoms with E-state index in [1.165, 1.54) is 11.8 Å². The van der Waals surface area contributed by atoms with Crippen molar-refractivity contribution in [2.75, 3.05) is 13.1 Å². The van der Waals surface area contributed by atoms with E-state index in [2.05, 4.69) is 6.07 Å². The molecule has 1 aliphatic heterocycles. The van der Waals surface area contributed by atoms with Crippen LogP contribution in [0.4, 0.5) is 0 Å². The van der Waals surface area contributed by atoms with E-state index in [-0.39, 0.29) is 12.0 Å². The Balaban J connectivity index is 1.86. The first-order valence-electron chi connectivity index (χ1n) is 7.92. The van der Waals surface area contributed by atoms with Crippen molar-refractivity contribution in [2.45, 2.75) is 28.7 Å². The van der Waals surface area contributed by atoms with E-state index in [9.17, 15) is 15.2 Å². The lowest BCUT2D eigenvalue weighted by Crippen LogP contribution is -2.40. The fraction of sp³-hybridized carbons (Fsp3) is 0.263. The number of likely N-dealkylation sites (tertiary alicyclic amines) is 1. The van der Waals surface area contributed by atoms with Gasteiger partial charge in [0, 0.05) is 22.9 Å². The molecule has 5 heteroatoms. The van der Waals surface area contributed by atoms with E-state index < -0.39 is 0 Å². The summed E-state index contributed by atoms with van der Waals surface area (Å²) in [5.74, 6) is -0.0144. The van der Waals surface area contributed by atoms with Crippen LogP contribution in [0.2, 0.25) is 0 Å². The number of nitrogens with zero attached hydrogens (tertiary/aromatic N) is 2. The van der Waals surface area contributed by atoms with Gasteiger partial charge in [0.15, 0.2) is 0 Å². The average molecular weight is 338 g/mol. The summed E-state index contributed by atoms with van der Waals surface area (Å²) in [5.41, 5.74) is 1.25. The molecular formula is C19H18N2O2S. The minimum atomic E-state index is -0.304. The number of nitriles is 1. The molecule has 0 atom stereocenters. The van der Waals surface area contributed by atoms with E-state index in [0.717, 1.165) is 9.79 Å². The normalized spacial score (nSPS) is 15.1. The van der Waals surface area contributed by atoms with E-state index in [1.54, 1.807) is 11.0 Å². The van der Waals surface area contributed by atoms with Gasteiger partial charge in [-0.25, -0.2) is 0 Å². The molecule has 0 bridgehead atoms. The molecule has 1 amide bonds. The van der Waals surface area contributed by atoms with Gasteiger partial charge in [0.05, 0.1) is 17.2 Å². The van der Waals surface area contributed by atoms with Crippen molar-refractivity contribution in [3.63, 3.8) is 0 Å². The lowest BCUT2D eigenvalue weighted by molar-refractivity contribution is 0.0543. The number of aliphatic hydroxyl groups excluding tert-OH is 1. The van der Waals surface area contributed by atoms with Crippen molar-refractivity contribution in [3.8, 4) is 6.07 Å². The Labute approximate surface area is 145 Å². The van der Waals surface area contributed by atoms with E-state index in [4.69, 9.17) is 0 Å². The maximum Gasteiger partial charge on any atom is 0.255 e. The molecule has 4 nitrogen and oxygen atoms in total. The van der Waals surface area contributed by atoms with Crippen LogP contribution in [-0.2, 0) is 0 Å². The van der Waals surface area contributed by atoms with Crippen LogP contribution in [0.3, 0.4) is 0 Å². The number of piperidine rings is 1. The highest BCUT2D eigenvalue weighted by Crippen LogP contribution is 2.33. The summed E-state index contributed by atoms with van der Waals surface area (Å²) < 4.78 is 0. The van der Waals surface area contributed by atoms with Crippen LogP contribution in [-0.4, -0.2) is 35.1 Å². The molecule has 3 rings (SSSR count). The van der Waals surface area contributed by atoms with Gasteiger partial charge in [-0.3, -0.25) is 4.79 Å². The molecule has 0 spiro atoms. The molecule has 122 valence electrons. The van der Waals surface area contributed by atoms with Crippen molar-refractivity contribution in [1.29, 1.82) is 5.26 Å². The van der Waals surface area contributed by atoms with Crippen LogP contribution >= 0.6 is 11.8 Å². The molecule has 0 aliphatic carbocycles. The number of carbonyl (C=O) groups is 1. The zero-order chi connectivity index (χ0) is 16.9. The highest BCUT2D eigenvalue weighted by Gasteiger charge is 2.24. The van der Waals surface area contributed by atoms with Crippen LogP contribution in [0.1, 0.15) is 28.8 Å². The number of benzene rings is 2. The summed E-state index contributed by atoms with van der Waals surface area (Å²) >= 11 is 1.44.